The maximum atomic E-state index is 12.1. The molecule has 3 rings (SSSR count). The van der Waals surface area contributed by atoms with Crippen LogP contribution in [-0.2, 0) is 4.79 Å². The van der Waals surface area contributed by atoms with E-state index >= 15 is 0 Å². The quantitative estimate of drug-likeness (QED) is 0.842. The maximum absolute atomic E-state index is 12.1. The van der Waals surface area contributed by atoms with E-state index in [9.17, 15) is 4.79 Å². The summed E-state index contributed by atoms with van der Waals surface area (Å²) in [6.07, 6.45) is 5.51. The van der Waals surface area contributed by atoms with Crippen LogP contribution in [0, 0.1) is 5.92 Å². The van der Waals surface area contributed by atoms with Gasteiger partial charge >= 0.3 is 0 Å². The predicted octanol–water partition coefficient (Wildman–Crippen LogP) is 1.26. The molecule has 0 radical (unpaired) electrons. The van der Waals surface area contributed by atoms with Crippen LogP contribution in [0.15, 0.2) is 18.5 Å². The molecule has 1 fully saturated rings. The molecule has 1 amide bonds. The lowest BCUT2D eigenvalue weighted by atomic mass is 9.96. The third kappa shape index (κ3) is 3.18. The van der Waals surface area contributed by atoms with Crippen LogP contribution in [-0.4, -0.2) is 45.4 Å². The summed E-state index contributed by atoms with van der Waals surface area (Å²) in [6, 6.07) is 3.88. The average Bonchev–Trinajstić information content (AvgIpc) is 3.02. The fraction of sp³-hybridized carbons (Fsp3) is 0.600. The van der Waals surface area contributed by atoms with E-state index < -0.39 is 0 Å². The van der Waals surface area contributed by atoms with Gasteiger partial charge in [-0.2, -0.15) is 4.52 Å². The molecule has 7 heteroatoms. The molecule has 118 valence electrons. The van der Waals surface area contributed by atoms with Crippen LogP contribution < -0.4 is 10.2 Å². The van der Waals surface area contributed by atoms with E-state index in [0.717, 1.165) is 56.8 Å². The Hall–Kier alpha value is -2.18. The molecule has 0 atom stereocenters. The maximum Gasteiger partial charge on any atom is 0.223 e. The normalized spacial score (nSPS) is 16.1. The van der Waals surface area contributed by atoms with Crippen molar-refractivity contribution in [1.29, 1.82) is 0 Å². The van der Waals surface area contributed by atoms with Gasteiger partial charge in [0.15, 0.2) is 5.65 Å². The summed E-state index contributed by atoms with van der Waals surface area (Å²) in [6.45, 7) is 4.63. The van der Waals surface area contributed by atoms with Gasteiger partial charge < -0.3 is 10.2 Å². The van der Waals surface area contributed by atoms with E-state index in [0.29, 0.717) is 0 Å². The highest BCUT2D eigenvalue weighted by atomic mass is 16.1. The van der Waals surface area contributed by atoms with Crippen molar-refractivity contribution in [2.75, 3.05) is 24.5 Å². The minimum Gasteiger partial charge on any atom is -0.356 e. The Morgan fingerprint density at radius 3 is 2.95 bits per heavy atom. The van der Waals surface area contributed by atoms with Crippen LogP contribution in [0.25, 0.3) is 5.65 Å². The van der Waals surface area contributed by atoms with Gasteiger partial charge in [-0.25, -0.2) is 0 Å². The van der Waals surface area contributed by atoms with Crippen LogP contribution in [0.3, 0.4) is 0 Å². The molecule has 0 aromatic carbocycles. The zero-order valence-corrected chi connectivity index (χ0v) is 12.9. The second kappa shape index (κ2) is 6.72. The van der Waals surface area contributed by atoms with Gasteiger partial charge in [0.25, 0.3) is 0 Å². The fourth-order valence-electron chi connectivity index (χ4n) is 2.79. The summed E-state index contributed by atoms with van der Waals surface area (Å²) in [7, 11) is 0. The molecule has 1 N–H and O–H groups in total. The number of piperidine rings is 1. The third-order valence-electron chi connectivity index (χ3n) is 4.17. The van der Waals surface area contributed by atoms with Crippen LogP contribution in [0.4, 0.5) is 5.82 Å². The molecule has 0 spiro atoms. The minimum atomic E-state index is 0.131. The highest BCUT2D eigenvalue weighted by Gasteiger charge is 2.25. The Balaban J connectivity index is 1.55. The molecule has 2 aromatic heterocycles. The van der Waals surface area contributed by atoms with Crippen LogP contribution >= 0.6 is 0 Å². The second-order valence-corrected chi connectivity index (χ2v) is 5.73. The molecule has 0 saturated carbocycles. The molecular weight excluding hydrogens is 280 g/mol. The lowest BCUT2D eigenvalue weighted by Gasteiger charge is -2.32. The van der Waals surface area contributed by atoms with Gasteiger partial charge in [0.2, 0.25) is 5.91 Å². The van der Waals surface area contributed by atoms with Crippen LogP contribution in [0.2, 0.25) is 0 Å². The molecule has 22 heavy (non-hydrogen) atoms. The number of aromatic nitrogens is 4. The molecule has 1 aliphatic heterocycles. The third-order valence-corrected chi connectivity index (χ3v) is 4.17. The summed E-state index contributed by atoms with van der Waals surface area (Å²) in [4.78, 5) is 14.3. The van der Waals surface area contributed by atoms with Gasteiger partial charge in [0, 0.05) is 25.6 Å². The van der Waals surface area contributed by atoms with Crippen molar-refractivity contribution in [1.82, 2.24) is 25.1 Å². The smallest absolute Gasteiger partial charge is 0.223 e. The SMILES string of the molecule is CCCCNC(=O)C1CCN(c2ccc3nncn3n2)CC1. The first kappa shape index (κ1) is 14.7. The van der Waals surface area contributed by atoms with Crippen molar-refractivity contribution in [3.63, 3.8) is 0 Å². The summed E-state index contributed by atoms with van der Waals surface area (Å²) in [5.41, 5.74) is 0.744. The number of unbranched alkanes of at least 4 members (excludes halogenated alkanes) is 1. The summed E-state index contributed by atoms with van der Waals surface area (Å²) >= 11 is 0. The van der Waals surface area contributed by atoms with Gasteiger partial charge in [-0.1, -0.05) is 13.3 Å². The van der Waals surface area contributed by atoms with E-state index in [1.807, 2.05) is 12.1 Å². The Labute approximate surface area is 129 Å². The Bertz CT molecular complexity index is 632. The number of hydrogen-bond acceptors (Lipinski definition) is 5. The summed E-state index contributed by atoms with van der Waals surface area (Å²) in [5.74, 6) is 1.25. The number of amides is 1. The second-order valence-electron chi connectivity index (χ2n) is 5.73. The van der Waals surface area contributed by atoms with E-state index in [2.05, 4.69) is 32.4 Å². The number of carbonyl (C=O) groups excluding carboxylic acids is 1. The van der Waals surface area contributed by atoms with Gasteiger partial charge in [-0.3, -0.25) is 4.79 Å². The van der Waals surface area contributed by atoms with Gasteiger partial charge in [0.05, 0.1) is 0 Å². The number of carbonyl (C=O) groups is 1. The van der Waals surface area contributed by atoms with Crippen molar-refractivity contribution in [3.05, 3.63) is 18.5 Å². The number of anilines is 1. The zero-order valence-electron chi connectivity index (χ0n) is 12.9. The first-order valence-corrected chi connectivity index (χ1v) is 7.97. The Morgan fingerprint density at radius 2 is 2.18 bits per heavy atom. The van der Waals surface area contributed by atoms with Crippen molar-refractivity contribution >= 4 is 17.4 Å². The highest BCUT2D eigenvalue weighted by Crippen LogP contribution is 2.22. The van der Waals surface area contributed by atoms with Crippen molar-refractivity contribution in [3.8, 4) is 0 Å². The largest absolute Gasteiger partial charge is 0.356 e. The molecule has 3 heterocycles. The molecule has 7 nitrogen and oxygen atoms in total. The van der Waals surface area contributed by atoms with Crippen molar-refractivity contribution in [2.45, 2.75) is 32.6 Å². The van der Waals surface area contributed by atoms with Gasteiger partial charge in [-0.15, -0.1) is 15.3 Å². The number of rotatable bonds is 5. The monoisotopic (exact) mass is 302 g/mol. The number of fused-ring (bicyclic) bond motifs is 1. The van der Waals surface area contributed by atoms with Crippen molar-refractivity contribution in [2.24, 2.45) is 5.92 Å². The zero-order chi connectivity index (χ0) is 15.4. The molecular formula is C15H22N6O. The first-order valence-electron chi connectivity index (χ1n) is 7.97. The van der Waals surface area contributed by atoms with Crippen LogP contribution in [0.1, 0.15) is 32.6 Å². The average molecular weight is 302 g/mol. The topological polar surface area (TPSA) is 75.4 Å². The Kier molecular flexibility index (Phi) is 4.50. The molecule has 1 aliphatic rings. The van der Waals surface area contributed by atoms with Gasteiger partial charge in [0.1, 0.15) is 12.1 Å². The highest BCUT2D eigenvalue weighted by molar-refractivity contribution is 5.78. The molecule has 0 unspecified atom stereocenters. The lowest BCUT2D eigenvalue weighted by Crippen LogP contribution is -2.41. The molecule has 2 aromatic rings. The number of nitrogens with zero attached hydrogens (tertiary/aromatic N) is 5. The van der Waals surface area contributed by atoms with Crippen molar-refractivity contribution < 1.29 is 4.79 Å². The van der Waals surface area contributed by atoms with E-state index in [4.69, 9.17) is 0 Å². The summed E-state index contributed by atoms with van der Waals surface area (Å²) < 4.78 is 1.68. The summed E-state index contributed by atoms with van der Waals surface area (Å²) in [5, 5.41) is 15.3. The Morgan fingerprint density at radius 1 is 1.36 bits per heavy atom. The molecule has 0 bridgehead atoms. The fourth-order valence-corrected chi connectivity index (χ4v) is 2.79. The van der Waals surface area contributed by atoms with E-state index in [-0.39, 0.29) is 11.8 Å². The standard InChI is InChI=1S/C15H22N6O/c1-2-3-8-16-15(22)12-6-9-20(10-7-12)14-5-4-13-18-17-11-21(13)19-14/h4-5,11-12H,2-3,6-10H2,1H3,(H,16,22). The molecule has 1 saturated heterocycles. The van der Waals surface area contributed by atoms with E-state index in [1.165, 1.54) is 0 Å². The lowest BCUT2D eigenvalue weighted by molar-refractivity contribution is -0.125. The van der Waals surface area contributed by atoms with Crippen LogP contribution in [0.5, 0.6) is 0 Å². The van der Waals surface area contributed by atoms with E-state index in [1.54, 1.807) is 10.8 Å². The predicted molar refractivity (Wildman–Crippen MR) is 83.6 cm³/mol. The van der Waals surface area contributed by atoms with Gasteiger partial charge in [-0.05, 0) is 31.4 Å². The first-order chi connectivity index (χ1) is 10.8. The molecule has 0 aliphatic carbocycles. The number of hydrogen-bond donors (Lipinski definition) is 1. The minimum absolute atomic E-state index is 0.131. The number of nitrogens with one attached hydrogen (secondary N) is 1.